The van der Waals surface area contributed by atoms with Gasteiger partial charge in [-0.05, 0) is 48.7 Å². The third kappa shape index (κ3) is 1.58. The molecule has 16 heavy (non-hydrogen) atoms. The van der Waals surface area contributed by atoms with E-state index in [-0.39, 0.29) is 10.8 Å². The quantitative estimate of drug-likeness (QED) is 0.558. The molecule has 0 fully saturated rings. The molecule has 0 saturated heterocycles. The van der Waals surface area contributed by atoms with Crippen LogP contribution in [0.1, 0.15) is 62.3 Å². The lowest BCUT2D eigenvalue weighted by Gasteiger charge is -2.40. The van der Waals surface area contributed by atoms with E-state index < -0.39 is 0 Å². The maximum atomic E-state index is 2.40. The van der Waals surface area contributed by atoms with Gasteiger partial charge in [0.15, 0.2) is 0 Å². The Morgan fingerprint density at radius 2 is 1.38 bits per heavy atom. The molecule has 0 amide bonds. The summed E-state index contributed by atoms with van der Waals surface area (Å²) in [7, 11) is 0. The molecule has 0 bridgehead atoms. The molecule has 0 aromatic rings. The zero-order valence-electron chi connectivity index (χ0n) is 12.6. The van der Waals surface area contributed by atoms with E-state index in [9.17, 15) is 0 Å². The van der Waals surface area contributed by atoms with Crippen molar-refractivity contribution < 1.29 is 0 Å². The zero-order chi connectivity index (χ0) is 12.9. The number of hydrogen-bond acceptors (Lipinski definition) is 0. The number of rotatable bonds is 1. The first-order valence-electron chi connectivity index (χ1n) is 6.44. The van der Waals surface area contributed by atoms with E-state index in [0.717, 1.165) is 0 Å². The van der Waals surface area contributed by atoms with Gasteiger partial charge in [0, 0.05) is 0 Å². The van der Waals surface area contributed by atoms with Crippen LogP contribution in [-0.2, 0) is 0 Å². The van der Waals surface area contributed by atoms with Crippen LogP contribution in [0.25, 0.3) is 0 Å². The van der Waals surface area contributed by atoms with Gasteiger partial charge in [-0.25, -0.2) is 0 Å². The highest BCUT2D eigenvalue weighted by Gasteiger charge is 2.49. The molecule has 0 spiro atoms. The Balaban J connectivity index is 3.56. The highest BCUT2D eigenvalue weighted by Crippen LogP contribution is 2.60. The zero-order valence-corrected chi connectivity index (χ0v) is 12.6. The molecular formula is C16H28. The lowest BCUT2D eigenvalue weighted by atomic mass is 9.64. The average Bonchev–Trinajstić information content (AvgIpc) is 2.12. The average molecular weight is 220 g/mol. The monoisotopic (exact) mass is 220 g/mol. The third-order valence-corrected chi connectivity index (χ3v) is 4.72. The molecular weight excluding hydrogens is 192 g/mol. The van der Waals surface area contributed by atoms with Gasteiger partial charge in [-0.2, -0.15) is 0 Å². The predicted molar refractivity (Wildman–Crippen MR) is 73.5 cm³/mol. The molecule has 0 unspecified atom stereocenters. The van der Waals surface area contributed by atoms with E-state index in [1.54, 1.807) is 16.7 Å². The van der Waals surface area contributed by atoms with Crippen LogP contribution in [0.15, 0.2) is 22.3 Å². The van der Waals surface area contributed by atoms with Crippen molar-refractivity contribution in [2.75, 3.05) is 0 Å². The van der Waals surface area contributed by atoms with Gasteiger partial charge in [0.25, 0.3) is 0 Å². The van der Waals surface area contributed by atoms with Crippen molar-refractivity contribution in [1.82, 2.24) is 0 Å². The van der Waals surface area contributed by atoms with Crippen LogP contribution < -0.4 is 0 Å². The SMILES string of the molecule is CC(C)=C1C(C)=C(C(C)C)C(C)(C)C1(C)C. The molecule has 1 rings (SSSR count). The standard InChI is InChI=1S/C16H28/c1-10(2)13-12(5)14(11(3)4)16(8,9)15(13,6)7/h10H,1-9H3. The molecule has 0 heteroatoms. The summed E-state index contributed by atoms with van der Waals surface area (Å²) in [5.41, 5.74) is 6.79. The molecule has 0 aromatic heterocycles. The van der Waals surface area contributed by atoms with Gasteiger partial charge in [0.2, 0.25) is 0 Å². The Morgan fingerprint density at radius 1 is 0.938 bits per heavy atom. The Hall–Kier alpha value is -0.520. The van der Waals surface area contributed by atoms with Crippen molar-refractivity contribution in [2.24, 2.45) is 16.7 Å². The van der Waals surface area contributed by atoms with Crippen LogP contribution >= 0.6 is 0 Å². The topological polar surface area (TPSA) is 0 Å². The Bertz CT molecular complexity index is 355. The minimum absolute atomic E-state index is 0.259. The summed E-state index contributed by atoms with van der Waals surface area (Å²) in [6.07, 6.45) is 0. The minimum atomic E-state index is 0.259. The van der Waals surface area contributed by atoms with Crippen LogP contribution in [-0.4, -0.2) is 0 Å². The van der Waals surface area contributed by atoms with Crippen molar-refractivity contribution in [1.29, 1.82) is 0 Å². The van der Waals surface area contributed by atoms with Gasteiger partial charge >= 0.3 is 0 Å². The fourth-order valence-corrected chi connectivity index (χ4v) is 3.88. The lowest BCUT2D eigenvalue weighted by molar-refractivity contribution is 0.207. The van der Waals surface area contributed by atoms with Crippen LogP contribution in [0.4, 0.5) is 0 Å². The van der Waals surface area contributed by atoms with Gasteiger partial charge in [0.1, 0.15) is 0 Å². The summed E-state index contributed by atoms with van der Waals surface area (Å²) in [5, 5.41) is 0. The first-order valence-corrected chi connectivity index (χ1v) is 6.44. The van der Waals surface area contributed by atoms with E-state index in [1.165, 1.54) is 5.57 Å². The van der Waals surface area contributed by atoms with E-state index in [1.807, 2.05) is 0 Å². The van der Waals surface area contributed by atoms with Crippen LogP contribution in [0.5, 0.6) is 0 Å². The molecule has 1 aliphatic carbocycles. The van der Waals surface area contributed by atoms with Crippen LogP contribution in [0, 0.1) is 16.7 Å². The smallest absolute Gasteiger partial charge is 0.00130 e. The van der Waals surface area contributed by atoms with E-state index in [4.69, 9.17) is 0 Å². The second-order valence-corrected chi connectivity index (χ2v) is 6.82. The Kier molecular flexibility index (Phi) is 3.18. The molecule has 0 nitrogen and oxygen atoms in total. The first kappa shape index (κ1) is 13.5. The Morgan fingerprint density at radius 3 is 1.56 bits per heavy atom. The van der Waals surface area contributed by atoms with Crippen LogP contribution in [0.3, 0.4) is 0 Å². The summed E-state index contributed by atoms with van der Waals surface area (Å²) in [6, 6.07) is 0. The minimum Gasteiger partial charge on any atom is -0.0724 e. The van der Waals surface area contributed by atoms with Gasteiger partial charge in [-0.3, -0.25) is 0 Å². The number of hydrogen-bond donors (Lipinski definition) is 0. The fraction of sp³-hybridized carbons (Fsp3) is 0.750. The van der Waals surface area contributed by atoms with Crippen molar-refractivity contribution in [3.05, 3.63) is 22.3 Å². The molecule has 1 aliphatic rings. The van der Waals surface area contributed by atoms with Gasteiger partial charge in [0.05, 0.1) is 0 Å². The molecule has 0 N–H and O–H groups in total. The summed E-state index contributed by atoms with van der Waals surface area (Å²) in [6.45, 7) is 21.1. The summed E-state index contributed by atoms with van der Waals surface area (Å²) in [4.78, 5) is 0. The summed E-state index contributed by atoms with van der Waals surface area (Å²) in [5.74, 6) is 0.645. The number of allylic oxidation sites excluding steroid dienone is 4. The Labute approximate surface area is 102 Å². The summed E-state index contributed by atoms with van der Waals surface area (Å²) >= 11 is 0. The van der Waals surface area contributed by atoms with Crippen molar-refractivity contribution in [3.8, 4) is 0 Å². The maximum absolute atomic E-state index is 2.40. The molecule has 0 aliphatic heterocycles. The molecule has 0 atom stereocenters. The molecule has 0 heterocycles. The maximum Gasteiger partial charge on any atom is -0.00130 e. The molecule has 0 aromatic carbocycles. The van der Waals surface area contributed by atoms with E-state index >= 15 is 0 Å². The normalized spacial score (nSPS) is 23.2. The van der Waals surface area contributed by atoms with Gasteiger partial charge < -0.3 is 0 Å². The molecule has 92 valence electrons. The van der Waals surface area contributed by atoms with Crippen molar-refractivity contribution in [2.45, 2.75) is 62.3 Å². The second-order valence-electron chi connectivity index (χ2n) is 6.82. The van der Waals surface area contributed by atoms with Crippen LogP contribution in [0.2, 0.25) is 0 Å². The van der Waals surface area contributed by atoms with E-state index in [2.05, 4.69) is 62.3 Å². The lowest BCUT2D eigenvalue weighted by Crippen LogP contribution is -2.32. The van der Waals surface area contributed by atoms with Crippen molar-refractivity contribution >= 4 is 0 Å². The first-order chi connectivity index (χ1) is 7.05. The molecule has 0 saturated carbocycles. The van der Waals surface area contributed by atoms with Gasteiger partial charge in [-0.1, -0.05) is 52.7 Å². The summed E-state index contributed by atoms with van der Waals surface area (Å²) < 4.78 is 0. The fourth-order valence-electron chi connectivity index (χ4n) is 3.88. The highest BCUT2D eigenvalue weighted by atomic mass is 14.5. The van der Waals surface area contributed by atoms with Crippen molar-refractivity contribution in [3.63, 3.8) is 0 Å². The van der Waals surface area contributed by atoms with Gasteiger partial charge in [-0.15, -0.1) is 0 Å². The predicted octanol–water partition coefficient (Wildman–Crippen LogP) is 5.36. The van der Waals surface area contributed by atoms with E-state index in [0.29, 0.717) is 5.92 Å². The second kappa shape index (κ2) is 3.75. The highest BCUT2D eigenvalue weighted by molar-refractivity contribution is 5.52. The third-order valence-electron chi connectivity index (χ3n) is 4.72. The largest absolute Gasteiger partial charge is 0.0724 e. The molecule has 0 radical (unpaired) electrons.